The van der Waals surface area contributed by atoms with E-state index in [1.54, 1.807) is 0 Å². The maximum absolute atomic E-state index is 5.76. The molecule has 1 rings (SSSR count). The fourth-order valence-electron chi connectivity index (χ4n) is 2.74. The quantitative estimate of drug-likeness (QED) is 0.686. The first-order valence-electron chi connectivity index (χ1n) is 7.16. The van der Waals surface area contributed by atoms with Crippen LogP contribution in [0.5, 0.6) is 0 Å². The summed E-state index contributed by atoms with van der Waals surface area (Å²) in [6.45, 7) is 8.99. The SMILES string of the molecule is CCCNC(CC1CCCO1)C(CC)CC. The minimum Gasteiger partial charge on any atom is -0.378 e. The molecule has 1 aliphatic rings. The van der Waals surface area contributed by atoms with Crippen molar-refractivity contribution in [2.24, 2.45) is 5.92 Å². The summed E-state index contributed by atoms with van der Waals surface area (Å²) in [4.78, 5) is 0. The molecule has 1 heterocycles. The van der Waals surface area contributed by atoms with Gasteiger partial charge < -0.3 is 10.1 Å². The predicted octanol–water partition coefficient (Wildman–Crippen LogP) is 3.36. The van der Waals surface area contributed by atoms with E-state index >= 15 is 0 Å². The molecule has 0 spiro atoms. The molecule has 2 unspecified atom stereocenters. The van der Waals surface area contributed by atoms with Gasteiger partial charge in [-0.3, -0.25) is 0 Å². The molecule has 1 N–H and O–H groups in total. The van der Waals surface area contributed by atoms with E-state index in [-0.39, 0.29) is 0 Å². The monoisotopic (exact) mass is 227 g/mol. The summed E-state index contributed by atoms with van der Waals surface area (Å²) in [7, 11) is 0. The van der Waals surface area contributed by atoms with Gasteiger partial charge in [-0.2, -0.15) is 0 Å². The van der Waals surface area contributed by atoms with Crippen molar-refractivity contribution >= 4 is 0 Å². The normalized spacial score (nSPS) is 22.9. The van der Waals surface area contributed by atoms with E-state index in [4.69, 9.17) is 4.74 Å². The molecule has 1 saturated heterocycles. The predicted molar refractivity (Wildman–Crippen MR) is 69.7 cm³/mol. The van der Waals surface area contributed by atoms with Crippen LogP contribution in [0.25, 0.3) is 0 Å². The Morgan fingerprint density at radius 3 is 2.50 bits per heavy atom. The van der Waals surface area contributed by atoms with Crippen molar-refractivity contribution in [3.8, 4) is 0 Å². The minimum absolute atomic E-state index is 0.523. The average Bonchev–Trinajstić information content (AvgIpc) is 2.80. The average molecular weight is 227 g/mol. The molecule has 0 radical (unpaired) electrons. The largest absolute Gasteiger partial charge is 0.378 e. The Balaban J connectivity index is 2.40. The molecule has 16 heavy (non-hydrogen) atoms. The number of nitrogens with one attached hydrogen (secondary N) is 1. The van der Waals surface area contributed by atoms with Crippen LogP contribution in [0.4, 0.5) is 0 Å². The molecule has 0 aromatic carbocycles. The van der Waals surface area contributed by atoms with Gasteiger partial charge in [0.1, 0.15) is 0 Å². The van der Waals surface area contributed by atoms with Crippen molar-refractivity contribution in [1.29, 1.82) is 0 Å². The molecule has 0 aliphatic carbocycles. The molecule has 2 nitrogen and oxygen atoms in total. The van der Waals surface area contributed by atoms with Crippen molar-refractivity contribution in [3.05, 3.63) is 0 Å². The zero-order chi connectivity index (χ0) is 11.8. The smallest absolute Gasteiger partial charge is 0.0590 e. The van der Waals surface area contributed by atoms with Crippen molar-refractivity contribution < 1.29 is 4.74 Å². The van der Waals surface area contributed by atoms with E-state index in [0.29, 0.717) is 12.1 Å². The number of hydrogen-bond acceptors (Lipinski definition) is 2. The first-order valence-corrected chi connectivity index (χ1v) is 7.16. The lowest BCUT2D eigenvalue weighted by Crippen LogP contribution is -2.39. The Kier molecular flexibility index (Phi) is 7.06. The van der Waals surface area contributed by atoms with Crippen LogP contribution in [0.15, 0.2) is 0 Å². The van der Waals surface area contributed by atoms with Crippen LogP contribution in [0.3, 0.4) is 0 Å². The maximum atomic E-state index is 5.76. The molecule has 1 aliphatic heterocycles. The molecule has 1 fully saturated rings. The lowest BCUT2D eigenvalue weighted by atomic mass is 9.89. The first-order chi connectivity index (χ1) is 7.81. The minimum atomic E-state index is 0.523. The van der Waals surface area contributed by atoms with Crippen LogP contribution in [0.1, 0.15) is 59.3 Å². The van der Waals surface area contributed by atoms with E-state index in [2.05, 4.69) is 26.1 Å². The van der Waals surface area contributed by atoms with Gasteiger partial charge in [-0.1, -0.05) is 33.6 Å². The highest BCUT2D eigenvalue weighted by atomic mass is 16.5. The second kappa shape index (κ2) is 8.08. The van der Waals surface area contributed by atoms with Crippen LogP contribution in [0, 0.1) is 5.92 Å². The Morgan fingerprint density at radius 2 is 2.00 bits per heavy atom. The highest BCUT2D eigenvalue weighted by Crippen LogP contribution is 2.23. The van der Waals surface area contributed by atoms with Gasteiger partial charge in [-0.05, 0) is 38.1 Å². The van der Waals surface area contributed by atoms with Gasteiger partial charge in [0.05, 0.1) is 6.10 Å². The zero-order valence-corrected chi connectivity index (χ0v) is 11.3. The number of rotatable bonds is 8. The standard InChI is InChI=1S/C14H29NO/c1-4-9-15-14(12(5-2)6-3)11-13-8-7-10-16-13/h12-15H,4-11H2,1-3H3. The van der Waals surface area contributed by atoms with E-state index in [0.717, 1.165) is 19.1 Å². The summed E-state index contributed by atoms with van der Waals surface area (Å²) >= 11 is 0. The molecule has 2 atom stereocenters. The molecule has 0 aromatic rings. The summed E-state index contributed by atoms with van der Waals surface area (Å²) in [5.41, 5.74) is 0. The van der Waals surface area contributed by atoms with E-state index in [9.17, 15) is 0 Å². The third-order valence-electron chi connectivity index (χ3n) is 3.82. The Bertz CT molecular complexity index is 162. The Hall–Kier alpha value is -0.0800. The van der Waals surface area contributed by atoms with Crippen molar-refractivity contribution in [3.63, 3.8) is 0 Å². The maximum Gasteiger partial charge on any atom is 0.0590 e. The Morgan fingerprint density at radius 1 is 1.25 bits per heavy atom. The third-order valence-corrected chi connectivity index (χ3v) is 3.82. The summed E-state index contributed by atoms with van der Waals surface area (Å²) in [5.74, 6) is 0.816. The molecular formula is C14H29NO. The van der Waals surface area contributed by atoms with Crippen LogP contribution in [0.2, 0.25) is 0 Å². The summed E-state index contributed by atoms with van der Waals surface area (Å²) in [6, 6.07) is 0.665. The number of ether oxygens (including phenoxy) is 1. The number of hydrogen-bond donors (Lipinski definition) is 1. The highest BCUT2D eigenvalue weighted by Gasteiger charge is 2.24. The van der Waals surface area contributed by atoms with E-state index in [1.165, 1.54) is 38.5 Å². The van der Waals surface area contributed by atoms with Gasteiger partial charge in [0.2, 0.25) is 0 Å². The van der Waals surface area contributed by atoms with Gasteiger partial charge in [-0.15, -0.1) is 0 Å². The summed E-state index contributed by atoms with van der Waals surface area (Å²) < 4.78 is 5.76. The summed E-state index contributed by atoms with van der Waals surface area (Å²) in [6.07, 6.45) is 8.05. The fourth-order valence-corrected chi connectivity index (χ4v) is 2.74. The molecule has 0 amide bonds. The fraction of sp³-hybridized carbons (Fsp3) is 1.00. The lowest BCUT2D eigenvalue weighted by molar-refractivity contribution is 0.0859. The topological polar surface area (TPSA) is 21.3 Å². The first kappa shape index (κ1) is 14.0. The molecule has 0 saturated carbocycles. The second-order valence-corrected chi connectivity index (χ2v) is 5.01. The van der Waals surface area contributed by atoms with E-state index in [1.807, 2.05) is 0 Å². The van der Waals surface area contributed by atoms with Gasteiger partial charge in [-0.25, -0.2) is 0 Å². The van der Waals surface area contributed by atoms with Crippen molar-refractivity contribution in [2.45, 2.75) is 71.4 Å². The molecular weight excluding hydrogens is 198 g/mol. The van der Waals surface area contributed by atoms with Gasteiger partial charge in [0.25, 0.3) is 0 Å². The molecule has 96 valence electrons. The Labute approximate surface area is 101 Å². The van der Waals surface area contributed by atoms with Gasteiger partial charge >= 0.3 is 0 Å². The third kappa shape index (κ3) is 4.42. The summed E-state index contributed by atoms with van der Waals surface area (Å²) in [5, 5.41) is 3.72. The molecule has 2 heteroatoms. The van der Waals surface area contributed by atoms with Crippen molar-refractivity contribution in [1.82, 2.24) is 5.32 Å². The van der Waals surface area contributed by atoms with Gasteiger partial charge in [0.15, 0.2) is 0 Å². The zero-order valence-electron chi connectivity index (χ0n) is 11.3. The van der Waals surface area contributed by atoms with Crippen LogP contribution < -0.4 is 5.32 Å². The van der Waals surface area contributed by atoms with Gasteiger partial charge in [0, 0.05) is 12.6 Å². The van der Waals surface area contributed by atoms with Crippen LogP contribution in [-0.4, -0.2) is 25.3 Å². The van der Waals surface area contributed by atoms with Crippen LogP contribution >= 0.6 is 0 Å². The molecule has 0 bridgehead atoms. The highest BCUT2D eigenvalue weighted by molar-refractivity contribution is 4.80. The van der Waals surface area contributed by atoms with Crippen molar-refractivity contribution in [2.75, 3.05) is 13.2 Å². The van der Waals surface area contributed by atoms with Crippen LogP contribution in [-0.2, 0) is 4.74 Å². The second-order valence-electron chi connectivity index (χ2n) is 5.01. The lowest BCUT2D eigenvalue weighted by Gasteiger charge is -2.28. The molecule has 0 aromatic heterocycles. The van der Waals surface area contributed by atoms with E-state index < -0.39 is 0 Å².